The summed E-state index contributed by atoms with van der Waals surface area (Å²) in [5, 5.41) is 5.48. The largest absolute Gasteiger partial charge is 0.469 e. The average Bonchev–Trinajstić information content (AvgIpc) is 3.10. The Morgan fingerprint density at radius 1 is 1.47 bits per heavy atom. The molecular formula is C13H16N2O2S2. The average molecular weight is 296 g/mol. The van der Waals surface area contributed by atoms with Gasteiger partial charge >= 0.3 is 5.97 Å². The molecule has 0 saturated heterocycles. The predicted octanol–water partition coefficient (Wildman–Crippen LogP) is 3.16. The highest BCUT2D eigenvalue weighted by atomic mass is 32.1. The molecule has 0 aliphatic carbocycles. The number of hydrogen-bond acceptors (Lipinski definition) is 6. The molecule has 0 aliphatic rings. The maximum absolute atomic E-state index is 11.5. The fourth-order valence-electron chi connectivity index (χ4n) is 1.80. The Hall–Kier alpha value is -1.24. The molecule has 0 saturated carbocycles. The fourth-order valence-corrected chi connectivity index (χ4v) is 3.23. The first-order valence-corrected chi connectivity index (χ1v) is 7.71. The molecule has 2 aromatic heterocycles. The van der Waals surface area contributed by atoms with Crippen molar-refractivity contribution < 1.29 is 9.53 Å². The van der Waals surface area contributed by atoms with E-state index in [0.717, 1.165) is 9.75 Å². The van der Waals surface area contributed by atoms with E-state index in [4.69, 9.17) is 4.74 Å². The minimum absolute atomic E-state index is 0.0236. The van der Waals surface area contributed by atoms with Crippen molar-refractivity contribution >= 4 is 28.6 Å². The number of aromatic nitrogens is 1. The molecule has 0 aromatic carbocycles. The standard InChI is InChI=1S/C13H16N2O2S2/c1-9(12-7-14-8-19-12)15-10(6-13(16)17-2)11-4-3-5-18-11/h3-5,7-10,15H,6H2,1-2H3. The molecule has 0 bridgehead atoms. The number of esters is 1. The summed E-state index contributed by atoms with van der Waals surface area (Å²) in [6, 6.07) is 4.15. The number of carbonyl (C=O) groups excluding carboxylic acids is 1. The van der Waals surface area contributed by atoms with E-state index in [9.17, 15) is 4.79 Å². The maximum atomic E-state index is 11.5. The first kappa shape index (κ1) is 14.2. The van der Waals surface area contributed by atoms with Crippen LogP contribution in [0, 0.1) is 0 Å². The molecule has 102 valence electrons. The quantitative estimate of drug-likeness (QED) is 0.832. The van der Waals surface area contributed by atoms with Crippen molar-refractivity contribution in [1.29, 1.82) is 0 Å². The van der Waals surface area contributed by atoms with Gasteiger partial charge in [-0.15, -0.1) is 22.7 Å². The molecule has 6 heteroatoms. The zero-order valence-corrected chi connectivity index (χ0v) is 12.5. The lowest BCUT2D eigenvalue weighted by atomic mass is 10.1. The van der Waals surface area contributed by atoms with Crippen molar-refractivity contribution in [3.8, 4) is 0 Å². The minimum Gasteiger partial charge on any atom is -0.469 e. The van der Waals surface area contributed by atoms with Gasteiger partial charge in [0.25, 0.3) is 0 Å². The van der Waals surface area contributed by atoms with Crippen LogP contribution >= 0.6 is 22.7 Å². The molecule has 2 rings (SSSR count). The predicted molar refractivity (Wildman–Crippen MR) is 77.4 cm³/mol. The van der Waals surface area contributed by atoms with Crippen LogP contribution in [0.3, 0.4) is 0 Å². The first-order valence-electron chi connectivity index (χ1n) is 5.95. The summed E-state index contributed by atoms with van der Waals surface area (Å²) < 4.78 is 4.77. The Labute approximate surface area is 120 Å². The second kappa shape index (κ2) is 6.79. The van der Waals surface area contributed by atoms with Gasteiger partial charge in [-0.05, 0) is 18.4 Å². The topological polar surface area (TPSA) is 51.2 Å². The van der Waals surface area contributed by atoms with Gasteiger partial charge < -0.3 is 10.1 Å². The van der Waals surface area contributed by atoms with E-state index < -0.39 is 0 Å². The zero-order chi connectivity index (χ0) is 13.7. The Kier molecular flexibility index (Phi) is 5.07. The fraction of sp³-hybridized carbons (Fsp3) is 0.385. The molecule has 2 heterocycles. The molecule has 0 spiro atoms. The highest BCUT2D eigenvalue weighted by Gasteiger charge is 2.20. The molecule has 2 atom stereocenters. The van der Waals surface area contributed by atoms with Crippen LogP contribution in [0.15, 0.2) is 29.2 Å². The molecular weight excluding hydrogens is 280 g/mol. The van der Waals surface area contributed by atoms with Gasteiger partial charge in [0, 0.05) is 22.0 Å². The van der Waals surface area contributed by atoms with Crippen molar-refractivity contribution in [2.45, 2.75) is 25.4 Å². The van der Waals surface area contributed by atoms with Gasteiger partial charge in [0.2, 0.25) is 0 Å². The highest BCUT2D eigenvalue weighted by Crippen LogP contribution is 2.27. The second-order valence-corrected chi connectivity index (χ2v) is 6.04. The van der Waals surface area contributed by atoms with Gasteiger partial charge in [0.05, 0.1) is 25.1 Å². The molecule has 1 N–H and O–H groups in total. The first-order chi connectivity index (χ1) is 9.20. The van der Waals surface area contributed by atoms with Gasteiger partial charge in [0.15, 0.2) is 0 Å². The van der Waals surface area contributed by atoms with E-state index in [-0.39, 0.29) is 18.1 Å². The summed E-state index contributed by atoms with van der Waals surface area (Å²) in [7, 11) is 1.42. The number of carbonyl (C=O) groups is 1. The lowest BCUT2D eigenvalue weighted by molar-refractivity contribution is -0.141. The summed E-state index contributed by atoms with van der Waals surface area (Å²) in [5.74, 6) is -0.206. The van der Waals surface area contributed by atoms with Crippen molar-refractivity contribution in [3.05, 3.63) is 39.0 Å². The number of ether oxygens (including phenoxy) is 1. The van der Waals surface area contributed by atoms with Crippen LogP contribution in [-0.2, 0) is 9.53 Å². The van der Waals surface area contributed by atoms with Crippen molar-refractivity contribution in [3.63, 3.8) is 0 Å². The van der Waals surface area contributed by atoms with Crippen molar-refractivity contribution in [2.75, 3.05) is 7.11 Å². The Morgan fingerprint density at radius 3 is 2.89 bits per heavy atom. The third-order valence-corrected chi connectivity index (χ3v) is 4.76. The maximum Gasteiger partial charge on any atom is 0.307 e. The van der Waals surface area contributed by atoms with E-state index in [1.54, 1.807) is 22.7 Å². The second-order valence-electron chi connectivity index (χ2n) is 4.14. The Balaban J connectivity index is 2.07. The number of nitrogens with zero attached hydrogens (tertiary/aromatic N) is 1. The number of hydrogen-bond donors (Lipinski definition) is 1. The van der Waals surface area contributed by atoms with E-state index in [1.807, 2.05) is 29.2 Å². The third kappa shape index (κ3) is 3.86. The number of thiophene rings is 1. The smallest absolute Gasteiger partial charge is 0.307 e. The van der Waals surface area contributed by atoms with Crippen LogP contribution in [0.4, 0.5) is 0 Å². The summed E-state index contributed by atoms with van der Waals surface area (Å²) in [5.41, 5.74) is 1.81. The zero-order valence-electron chi connectivity index (χ0n) is 10.8. The molecule has 0 aliphatic heterocycles. The lowest BCUT2D eigenvalue weighted by Crippen LogP contribution is -2.26. The monoisotopic (exact) mass is 296 g/mol. The van der Waals surface area contributed by atoms with Crippen LogP contribution in [-0.4, -0.2) is 18.1 Å². The highest BCUT2D eigenvalue weighted by molar-refractivity contribution is 7.10. The summed E-state index contributed by atoms with van der Waals surface area (Å²) in [4.78, 5) is 17.9. The van der Waals surface area contributed by atoms with E-state index in [2.05, 4.69) is 17.2 Å². The summed E-state index contributed by atoms with van der Waals surface area (Å²) >= 11 is 3.25. The van der Waals surface area contributed by atoms with Crippen molar-refractivity contribution in [1.82, 2.24) is 10.3 Å². The van der Waals surface area contributed by atoms with Crippen LogP contribution in [0.5, 0.6) is 0 Å². The number of methoxy groups -OCH3 is 1. The van der Waals surface area contributed by atoms with E-state index >= 15 is 0 Å². The van der Waals surface area contributed by atoms with Gasteiger partial charge in [-0.3, -0.25) is 9.78 Å². The van der Waals surface area contributed by atoms with Gasteiger partial charge in [0.1, 0.15) is 0 Å². The van der Waals surface area contributed by atoms with Gasteiger partial charge in [-0.2, -0.15) is 0 Å². The molecule has 2 unspecified atom stereocenters. The van der Waals surface area contributed by atoms with Crippen LogP contribution in [0.2, 0.25) is 0 Å². The van der Waals surface area contributed by atoms with Crippen LogP contribution in [0.1, 0.15) is 35.2 Å². The molecule has 0 amide bonds. The minimum atomic E-state index is -0.206. The lowest BCUT2D eigenvalue weighted by Gasteiger charge is -2.20. The summed E-state index contributed by atoms with van der Waals surface area (Å²) in [6.07, 6.45) is 2.19. The number of nitrogens with one attached hydrogen (secondary N) is 1. The molecule has 0 fully saturated rings. The van der Waals surface area contributed by atoms with Gasteiger partial charge in [-0.25, -0.2) is 0 Å². The molecule has 0 radical (unpaired) electrons. The number of rotatable bonds is 6. The third-order valence-electron chi connectivity index (χ3n) is 2.81. The molecule has 4 nitrogen and oxygen atoms in total. The van der Waals surface area contributed by atoms with Crippen LogP contribution in [0.25, 0.3) is 0 Å². The van der Waals surface area contributed by atoms with Gasteiger partial charge in [-0.1, -0.05) is 6.07 Å². The SMILES string of the molecule is COC(=O)CC(NC(C)c1cncs1)c1cccs1. The molecule has 19 heavy (non-hydrogen) atoms. The van der Waals surface area contributed by atoms with E-state index in [0.29, 0.717) is 6.42 Å². The molecule has 2 aromatic rings. The van der Waals surface area contributed by atoms with Crippen LogP contribution < -0.4 is 5.32 Å². The summed E-state index contributed by atoms with van der Waals surface area (Å²) in [6.45, 7) is 2.07. The van der Waals surface area contributed by atoms with E-state index in [1.165, 1.54) is 7.11 Å². The number of thiazole rings is 1. The Bertz CT molecular complexity index is 497. The van der Waals surface area contributed by atoms with Crippen molar-refractivity contribution in [2.24, 2.45) is 0 Å². The normalized spacial score (nSPS) is 14.0. The Morgan fingerprint density at radius 2 is 2.32 bits per heavy atom.